The number of nitrogens with zero attached hydrogens (tertiary/aromatic N) is 8. The Morgan fingerprint density at radius 3 is 1.97 bits per heavy atom. The molecule has 0 atom stereocenters. The van der Waals surface area contributed by atoms with Crippen molar-refractivity contribution >= 4 is 51.5 Å². The number of hydrogen-bond acceptors (Lipinski definition) is 7. The van der Waals surface area contributed by atoms with Gasteiger partial charge in [0.1, 0.15) is 17.4 Å². The van der Waals surface area contributed by atoms with Crippen molar-refractivity contribution in [1.29, 1.82) is 0 Å². The van der Waals surface area contributed by atoms with Crippen molar-refractivity contribution < 1.29 is 0 Å². The zero-order valence-corrected chi connectivity index (χ0v) is 16.4. The second-order valence-electron chi connectivity index (χ2n) is 6.44. The van der Waals surface area contributed by atoms with Crippen LogP contribution in [0, 0.1) is 0 Å². The van der Waals surface area contributed by atoms with Gasteiger partial charge in [-0.05, 0) is 11.1 Å². The van der Waals surface area contributed by atoms with Crippen molar-refractivity contribution in [2.75, 3.05) is 5.73 Å². The van der Waals surface area contributed by atoms with E-state index in [1.165, 1.54) is 6.33 Å². The summed E-state index contributed by atoms with van der Waals surface area (Å²) in [4.78, 5) is 25.0. The zero-order chi connectivity index (χ0) is 20.0. The van der Waals surface area contributed by atoms with Gasteiger partial charge in [-0.15, -0.1) is 0 Å². The van der Waals surface area contributed by atoms with Gasteiger partial charge in [0.25, 0.3) is 0 Å². The number of hydrogen-bond donors (Lipinski definition) is 1. The van der Waals surface area contributed by atoms with E-state index in [0.29, 0.717) is 40.6 Å². The lowest BCUT2D eigenvalue weighted by Crippen LogP contribution is -2.03. The highest BCUT2D eigenvalue weighted by Crippen LogP contribution is 2.21. The standard InChI is InChI=1S/C18H13Cl2N9/c19-14-12-16(23-7-22-14)28(8-24-12)5-10-1-3-11(4-2-10)6-29-9-25-13-15(20)26-18(21)27-17(13)29/h1-4,7-9H,5-6H2,(H2,21,26,27). The van der Waals surface area contributed by atoms with Crippen LogP contribution in [-0.4, -0.2) is 39.0 Å². The SMILES string of the molecule is Nc1nc(Cl)c2ncn(Cc3ccc(Cn4cnc5c(Cl)ncnc54)cc3)c2n1. The zero-order valence-electron chi connectivity index (χ0n) is 14.9. The smallest absolute Gasteiger partial charge is 0.223 e. The Kier molecular flexibility index (Phi) is 4.26. The van der Waals surface area contributed by atoms with Crippen LogP contribution in [0.4, 0.5) is 5.95 Å². The van der Waals surface area contributed by atoms with Crippen molar-refractivity contribution in [1.82, 2.24) is 39.0 Å². The largest absolute Gasteiger partial charge is 0.368 e. The van der Waals surface area contributed by atoms with Gasteiger partial charge in [0.05, 0.1) is 25.7 Å². The number of anilines is 1. The molecule has 0 fully saturated rings. The van der Waals surface area contributed by atoms with Crippen LogP contribution >= 0.6 is 23.2 Å². The Balaban J connectivity index is 1.39. The molecule has 0 aliphatic heterocycles. The fourth-order valence-electron chi connectivity index (χ4n) is 3.15. The van der Waals surface area contributed by atoms with Gasteiger partial charge in [0.2, 0.25) is 5.95 Å². The first kappa shape index (κ1) is 17.8. The maximum atomic E-state index is 6.09. The molecule has 0 unspecified atom stereocenters. The van der Waals surface area contributed by atoms with Gasteiger partial charge in [0, 0.05) is 0 Å². The van der Waals surface area contributed by atoms with Gasteiger partial charge in [0.15, 0.2) is 21.6 Å². The van der Waals surface area contributed by atoms with E-state index < -0.39 is 0 Å². The van der Waals surface area contributed by atoms with Gasteiger partial charge < -0.3 is 14.9 Å². The molecule has 0 saturated carbocycles. The Morgan fingerprint density at radius 2 is 1.31 bits per heavy atom. The van der Waals surface area contributed by atoms with Crippen LogP contribution in [-0.2, 0) is 13.1 Å². The molecule has 9 nitrogen and oxygen atoms in total. The number of fused-ring (bicyclic) bond motifs is 2. The molecule has 0 bridgehead atoms. The van der Waals surface area contributed by atoms with Gasteiger partial charge >= 0.3 is 0 Å². The number of nitrogens with two attached hydrogens (primary N) is 1. The minimum Gasteiger partial charge on any atom is -0.368 e. The molecule has 0 amide bonds. The van der Waals surface area contributed by atoms with Crippen LogP contribution in [0.2, 0.25) is 10.3 Å². The maximum Gasteiger partial charge on any atom is 0.223 e. The summed E-state index contributed by atoms with van der Waals surface area (Å²) >= 11 is 12.1. The molecule has 5 rings (SSSR count). The molecule has 0 aliphatic carbocycles. The van der Waals surface area contributed by atoms with Crippen LogP contribution in [0.25, 0.3) is 22.3 Å². The van der Waals surface area contributed by atoms with Gasteiger partial charge in [-0.2, -0.15) is 9.97 Å². The summed E-state index contributed by atoms with van der Waals surface area (Å²) in [7, 11) is 0. The fourth-order valence-corrected chi connectivity index (χ4v) is 3.55. The molecule has 0 spiro atoms. The van der Waals surface area contributed by atoms with E-state index in [1.807, 2.05) is 9.13 Å². The number of nitrogen functional groups attached to an aromatic ring is 1. The van der Waals surface area contributed by atoms with Crippen LogP contribution in [0.5, 0.6) is 0 Å². The summed E-state index contributed by atoms with van der Waals surface area (Å²) in [6.45, 7) is 1.21. The number of imidazole rings is 2. The highest BCUT2D eigenvalue weighted by Gasteiger charge is 2.12. The third kappa shape index (κ3) is 3.24. The van der Waals surface area contributed by atoms with Gasteiger partial charge in [-0.25, -0.2) is 19.9 Å². The first-order valence-electron chi connectivity index (χ1n) is 8.61. The minimum atomic E-state index is 0.121. The molecule has 4 aromatic heterocycles. The van der Waals surface area contributed by atoms with E-state index in [4.69, 9.17) is 28.9 Å². The summed E-state index contributed by atoms with van der Waals surface area (Å²) in [5.74, 6) is 0.121. The van der Waals surface area contributed by atoms with E-state index in [2.05, 4.69) is 54.2 Å². The number of aromatic nitrogens is 8. The lowest BCUT2D eigenvalue weighted by Gasteiger charge is -2.07. The number of rotatable bonds is 4. The Hall–Kier alpha value is -3.30. The van der Waals surface area contributed by atoms with Crippen LogP contribution in [0.3, 0.4) is 0 Å². The van der Waals surface area contributed by atoms with E-state index in [1.54, 1.807) is 12.7 Å². The van der Waals surface area contributed by atoms with Crippen LogP contribution < -0.4 is 5.73 Å². The van der Waals surface area contributed by atoms with Crippen molar-refractivity contribution in [3.63, 3.8) is 0 Å². The predicted molar refractivity (Wildman–Crippen MR) is 110 cm³/mol. The summed E-state index contributed by atoms with van der Waals surface area (Å²) < 4.78 is 3.82. The molecule has 5 aromatic rings. The first-order valence-corrected chi connectivity index (χ1v) is 9.37. The highest BCUT2D eigenvalue weighted by atomic mass is 35.5. The topological polar surface area (TPSA) is 113 Å². The molecule has 0 saturated heterocycles. The number of halogens is 2. The Labute approximate surface area is 174 Å². The molecule has 0 radical (unpaired) electrons. The van der Waals surface area contributed by atoms with E-state index in [9.17, 15) is 0 Å². The summed E-state index contributed by atoms with van der Waals surface area (Å²) in [5.41, 5.74) is 10.3. The average Bonchev–Trinajstić information content (AvgIpc) is 3.29. The third-order valence-corrected chi connectivity index (χ3v) is 5.06. The van der Waals surface area contributed by atoms with E-state index >= 15 is 0 Å². The predicted octanol–water partition coefficient (Wildman–Crippen LogP) is 2.95. The molecule has 29 heavy (non-hydrogen) atoms. The Bertz CT molecular complexity index is 1340. The third-order valence-electron chi connectivity index (χ3n) is 4.52. The van der Waals surface area contributed by atoms with E-state index in [-0.39, 0.29) is 11.1 Å². The van der Waals surface area contributed by atoms with Gasteiger partial charge in [-0.1, -0.05) is 47.5 Å². The number of benzene rings is 1. The molecule has 144 valence electrons. The van der Waals surface area contributed by atoms with Crippen molar-refractivity contribution in [3.05, 3.63) is 64.7 Å². The molecule has 11 heteroatoms. The molecular formula is C18H13Cl2N9. The second kappa shape index (κ2) is 6.94. The lowest BCUT2D eigenvalue weighted by molar-refractivity contribution is 0.800. The van der Waals surface area contributed by atoms with Crippen molar-refractivity contribution in [2.24, 2.45) is 0 Å². The van der Waals surface area contributed by atoms with Crippen molar-refractivity contribution in [2.45, 2.75) is 13.1 Å². The van der Waals surface area contributed by atoms with Crippen molar-refractivity contribution in [3.8, 4) is 0 Å². The monoisotopic (exact) mass is 425 g/mol. The van der Waals surface area contributed by atoms with Crippen LogP contribution in [0.1, 0.15) is 11.1 Å². The summed E-state index contributed by atoms with van der Waals surface area (Å²) in [5, 5.41) is 0.597. The van der Waals surface area contributed by atoms with Gasteiger partial charge in [-0.3, -0.25) is 0 Å². The summed E-state index contributed by atoms with van der Waals surface area (Å²) in [6, 6.07) is 8.21. The summed E-state index contributed by atoms with van der Waals surface area (Å²) in [6.07, 6.45) is 4.83. The highest BCUT2D eigenvalue weighted by molar-refractivity contribution is 6.33. The maximum absolute atomic E-state index is 6.09. The minimum absolute atomic E-state index is 0.121. The quantitative estimate of drug-likeness (QED) is 0.440. The van der Waals surface area contributed by atoms with E-state index in [0.717, 1.165) is 11.1 Å². The Morgan fingerprint density at radius 1 is 0.724 bits per heavy atom. The molecular weight excluding hydrogens is 413 g/mol. The molecule has 4 heterocycles. The lowest BCUT2D eigenvalue weighted by atomic mass is 10.1. The van der Waals surface area contributed by atoms with Crippen LogP contribution in [0.15, 0.2) is 43.2 Å². The average molecular weight is 426 g/mol. The second-order valence-corrected chi connectivity index (χ2v) is 7.16. The molecule has 1 aromatic carbocycles. The molecule has 2 N–H and O–H groups in total. The fraction of sp³-hybridized carbons (Fsp3) is 0.111. The normalized spacial score (nSPS) is 11.5. The first-order chi connectivity index (χ1) is 14.1. The molecule has 0 aliphatic rings.